The normalized spacial score (nSPS) is 10.0. The molecule has 7 heteroatoms. The fourth-order valence-electron chi connectivity index (χ4n) is 1.80. The van der Waals surface area contributed by atoms with E-state index in [2.05, 4.69) is 10.9 Å². The lowest BCUT2D eigenvalue weighted by Crippen LogP contribution is -2.41. The van der Waals surface area contributed by atoms with E-state index in [0.717, 1.165) is 12.1 Å². The summed E-state index contributed by atoms with van der Waals surface area (Å²) in [4.78, 5) is 23.6. The van der Waals surface area contributed by atoms with Crippen LogP contribution in [-0.2, 0) is 0 Å². The van der Waals surface area contributed by atoms with Crippen molar-refractivity contribution in [3.8, 4) is 5.75 Å². The third-order valence-electron chi connectivity index (χ3n) is 2.89. The second-order valence-corrected chi connectivity index (χ2v) is 4.49. The van der Waals surface area contributed by atoms with E-state index in [-0.39, 0.29) is 11.1 Å². The Bertz CT molecular complexity index is 718. The number of carbonyl (C=O) groups excluding carboxylic acids is 2. The zero-order chi connectivity index (χ0) is 16.8. The Morgan fingerprint density at radius 3 is 2.26 bits per heavy atom. The summed E-state index contributed by atoms with van der Waals surface area (Å²) in [5, 5.41) is 0. The first kappa shape index (κ1) is 16.4. The SMILES string of the molecule is CCOc1ccc(C(=O)NNC(=O)c2ccc(F)cc2F)cc1. The molecule has 0 heterocycles. The van der Waals surface area contributed by atoms with Crippen LogP contribution in [0, 0.1) is 11.6 Å². The fraction of sp³-hybridized carbons (Fsp3) is 0.125. The molecule has 0 bridgehead atoms. The molecule has 5 nitrogen and oxygen atoms in total. The minimum atomic E-state index is -1.02. The predicted molar refractivity (Wildman–Crippen MR) is 78.9 cm³/mol. The number of ether oxygens (including phenoxy) is 1. The molecule has 0 aliphatic heterocycles. The molecule has 0 atom stereocenters. The quantitative estimate of drug-likeness (QED) is 0.850. The average Bonchev–Trinajstić information content (AvgIpc) is 2.53. The van der Waals surface area contributed by atoms with Gasteiger partial charge in [0.15, 0.2) is 0 Å². The number of benzene rings is 2. The van der Waals surface area contributed by atoms with Gasteiger partial charge >= 0.3 is 0 Å². The highest BCUT2D eigenvalue weighted by Crippen LogP contribution is 2.12. The molecule has 0 fully saturated rings. The van der Waals surface area contributed by atoms with Gasteiger partial charge in [-0.05, 0) is 43.3 Å². The van der Waals surface area contributed by atoms with Crippen molar-refractivity contribution in [2.24, 2.45) is 0 Å². The third kappa shape index (κ3) is 4.26. The first-order valence-corrected chi connectivity index (χ1v) is 6.80. The topological polar surface area (TPSA) is 67.4 Å². The highest BCUT2D eigenvalue weighted by Gasteiger charge is 2.13. The van der Waals surface area contributed by atoms with Crippen LogP contribution >= 0.6 is 0 Å². The molecular weight excluding hydrogens is 306 g/mol. The molecular formula is C16H14F2N2O3. The molecule has 2 aromatic rings. The summed E-state index contributed by atoms with van der Waals surface area (Å²) in [5.41, 5.74) is 4.12. The summed E-state index contributed by atoms with van der Waals surface area (Å²) in [6.07, 6.45) is 0. The fourth-order valence-corrected chi connectivity index (χ4v) is 1.80. The van der Waals surface area contributed by atoms with Gasteiger partial charge < -0.3 is 4.74 Å². The lowest BCUT2D eigenvalue weighted by molar-refractivity contribution is 0.0844. The number of hydrazine groups is 1. The van der Waals surface area contributed by atoms with Gasteiger partial charge in [-0.1, -0.05) is 0 Å². The molecule has 0 aromatic heterocycles. The van der Waals surface area contributed by atoms with Crippen LogP contribution in [0.5, 0.6) is 5.75 Å². The molecule has 2 N–H and O–H groups in total. The monoisotopic (exact) mass is 320 g/mol. The minimum Gasteiger partial charge on any atom is -0.494 e. The van der Waals surface area contributed by atoms with E-state index >= 15 is 0 Å². The van der Waals surface area contributed by atoms with Crippen LogP contribution in [0.3, 0.4) is 0 Å². The van der Waals surface area contributed by atoms with Crippen LogP contribution in [-0.4, -0.2) is 18.4 Å². The molecule has 2 amide bonds. The zero-order valence-electron chi connectivity index (χ0n) is 12.2. The van der Waals surface area contributed by atoms with Crippen LogP contribution in [0.15, 0.2) is 42.5 Å². The number of halogens is 2. The molecule has 0 spiro atoms. The first-order chi connectivity index (χ1) is 11.0. The number of rotatable bonds is 4. The van der Waals surface area contributed by atoms with Crippen LogP contribution < -0.4 is 15.6 Å². The van der Waals surface area contributed by atoms with Gasteiger partial charge in [0.25, 0.3) is 11.8 Å². The number of hydrogen-bond acceptors (Lipinski definition) is 3. The lowest BCUT2D eigenvalue weighted by atomic mass is 10.2. The molecule has 120 valence electrons. The number of nitrogens with one attached hydrogen (secondary N) is 2. The van der Waals surface area contributed by atoms with Crippen LogP contribution in [0.1, 0.15) is 27.6 Å². The summed E-state index contributed by atoms with van der Waals surface area (Å²) < 4.78 is 31.5. The molecule has 0 radical (unpaired) electrons. The smallest absolute Gasteiger partial charge is 0.272 e. The maximum absolute atomic E-state index is 13.4. The largest absolute Gasteiger partial charge is 0.494 e. The van der Waals surface area contributed by atoms with E-state index in [9.17, 15) is 18.4 Å². The Morgan fingerprint density at radius 2 is 1.65 bits per heavy atom. The summed E-state index contributed by atoms with van der Waals surface area (Å²) in [6.45, 7) is 2.34. The van der Waals surface area contributed by atoms with Gasteiger partial charge in [-0.25, -0.2) is 8.78 Å². The Kier molecular flexibility index (Phi) is 5.24. The van der Waals surface area contributed by atoms with E-state index in [1.807, 2.05) is 6.92 Å². The van der Waals surface area contributed by atoms with Gasteiger partial charge in [0.05, 0.1) is 12.2 Å². The molecule has 0 unspecified atom stereocenters. The third-order valence-corrected chi connectivity index (χ3v) is 2.89. The van der Waals surface area contributed by atoms with Crippen LogP contribution in [0.4, 0.5) is 8.78 Å². The lowest BCUT2D eigenvalue weighted by Gasteiger charge is -2.09. The molecule has 2 aromatic carbocycles. The van der Waals surface area contributed by atoms with Crippen molar-refractivity contribution in [1.29, 1.82) is 0 Å². The number of amides is 2. The summed E-state index contributed by atoms with van der Waals surface area (Å²) in [5.74, 6) is -2.66. The standard InChI is InChI=1S/C16H14F2N2O3/c1-2-23-12-6-3-10(4-7-12)15(21)19-20-16(22)13-8-5-11(17)9-14(13)18/h3-9H,2H2,1H3,(H,19,21)(H,20,22). The molecule has 2 rings (SSSR count). The molecule has 23 heavy (non-hydrogen) atoms. The summed E-state index contributed by atoms with van der Waals surface area (Å²) in [6, 6.07) is 8.79. The molecule has 0 saturated carbocycles. The van der Waals surface area contributed by atoms with Gasteiger partial charge in [0, 0.05) is 11.6 Å². The highest BCUT2D eigenvalue weighted by atomic mass is 19.1. The molecule has 0 aliphatic carbocycles. The maximum Gasteiger partial charge on any atom is 0.272 e. The van der Waals surface area contributed by atoms with Gasteiger partial charge in [-0.2, -0.15) is 0 Å². The first-order valence-electron chi connectivity index (χ1n) is 6.80. The highest BCUT2D eigenvalue weighted by molar-refractivity contribution is 5.99. The zero-order valence-corrected chi connectivity index (χ0v) is 12.2. The number of carbonyl (C=O) groups is 2. The van der Waals surface area contributed by atoms with Crippen molar-refractivity contribution in [2.45, 2.75) is 6.92 Å². The van der Waals surface area contributed by atoms with Crippen LogP contribution in [0.25, 0.3) is 0 Å². The van der Waals surface area contributed by atoms with Crippen molar-refractivity contribution in [3.05, 3.63) is 65.2 Å². The Labute approximate surface area is 131 Å². The summed E-state index contributed by atoms with van der Waals surface area (Å²) in [7, 11) is 0. The minimum absolute atomic E-state index is 0.285. The van der Waals surface area contributed by atoms with Gasteiger partial charge in [0.2, 0.25) is 0 Å². The second kappa shape index (κ2) is 7.35. The Balaban J connectivity index is 1.96. The Hall–Kier alpha value is -2.96. The average molecular weight is 320 g/mol. The number of hydrogen-bond donors (Lipinski definition) is 2. The van der Waals surface area contributed by atoms with E-state index in [0.29, 0.717) is 18.4 Å². The molecule has 0 aliphatic rings. The van der Waals surface area contributed by atoms with Crippen molar-refractivity contribution in [1.82, 2.24) is 10.9 Å². The Morgan fingerprint density at radius 1 is 1.00 bits per heavy atom. The van der Waals surface area contributed by atoms with Crippen LogP contribution in [0.2, 0.25) is 0 Å². The van der Waals surface area contributed by atoms with Crippen molar-refractivity contribution in [3.63, 3.8) is 0 Å². The van der Waals surface area contributed by atoms with E-state index < -0.39 is 23.4 Å². The van der Waals surface area contributed by atoms with Crippen molar-refractivity contribution >= 4 is 11.8 Å². The predicted octanol–water partition coefficient (Wildman–Crippen LogP) is 2.44. The molecule has 0 saturated heterocycles. The second-order valence-electron chi connectivity index (χ2n) is 4.49. The van der Waals surface area contributed by atoms with Gasteiger partial charge in [-0.3, -0.25) is 20.4 Å². The van der Waals surface area contributed by atoms with Crippen molar-refractivity contribution in [2.75, 3.05) is 6.61 Å². The van der Waals surface area contributed by atoms with E-state index in [4.69, 9.17) is 4.74 Å². The van der Waals surface area contributed by atoms with Gasteiger partial charge in [0.1, 0.15) is 17.4 Å². The van der Waals surface area contributed by atoms with Gasteiger partial charge in [-0.15, -0.1) is 0 Å². The van der Waals surface area contributed by atoms with E-state index in [1.165, 1.54) is 12.1 Å². The maximum atomic E-state index is 13.4. The summed E-state index contributed by atoms with van der Waals surface area (Å²) >= 11 is 0. The van der Waals surface area contributed by atoms with E-state index in [1.54, 1.807) is 12.1 Å². The van der Waals surface area contributed by atoms with Crippen molar-refractivity contribution < 1.29 is 23.1 Å².